The summed E-state index contributed by atoms with van der Waals surface area (Å²) < 4.78 is 84.1. The molecule has 0 aliphatic heterocycles. The molecule has 1 unspecified atom stereocenters. The first-order chi connectivity index (χ1) is 16.2. The summed E-state index contributed by atoms with van der Waals surface area (Å²) in [6.07, 6.45) is 2.62. The van der Waals surface area contributed by atoms with Gasteiger partial charge in [0.15, 0.2) is 19.6 Å². The standard InChI is InChI=1S/C21H21F3N4O3S2.C2H6/c1-4-32(29,30)18-9-15(20(12-25)7-8-20)11-27-19(18)14(3)28-17-10-16(6-5-13(17)2)33(26,31)21(22,23)24;1-2/h5-6,9-11,26H,4,7-8H2,1-3H3;1-2H3. The molecular weight excluding hydrogens is 501 g/mol. The van der Waals surface area contributed by atoms with Gasteiger partial charge in [-0.25, -0.2) is 17.4 Å². The highest BCUT2D eigenvalue weighted by Gasteiger charge is 2.46. The zero-order valence-corrected chi connectivity index (χ0v) is 21.7. The predicted molar refractivity (Wildman–Crippen MR) is 128 cm³/mol. The lowest BCUT2D eigenvalue weighted by Crippen LogP contribution is -2.21. The van der Waals surface area contributed by atoms with Crippen LogP contribution in [0.5, 0.6) is 0 Å². The number of aromatic nitrogens is 1. The molecule has 190 valence electrons. The number of hydrogen-bond donors (Lipinski definition) is 1. The number of rotatable bonds is 6. The number of halogens is 3. The summed E-state index contributed by atoms with van der Waals surface area (Å²) in [5.74, 6) is -0.223. The minimum absolute atomic E-state index is 0.00985. The molecule has 1 atom stereocenters. The summed E-state index contributed by atoms with van der Waals surface area (Å²) in [5, 5.41) is 9.44. The molecule has 1 aliphatic rings. The molecule has 3 rings (SSSR count). The third kappa shape index (κ3) is 5.56. The van der Waals surface area contributed by atoms with Crippen LogP contribution in [0.1, 0.15) is 57.4 Å². The lowest BCUT2D eigenvalue weighted by Gasteiger charge is -2.14. The van der Waals surface area contributed by atoms with Gasteiger partial charge in [0.2, 0.25) is 0 Å². The highest BCUT2D eigenvalue weighted by molar-refractivity contribution is 7.93. The quantitative estimate of drug-likeness (QED) is 0.472. The first kappa shape index (κ1) is 28.5. The Hall–Kier alpha value is -2.78. The fourth-order valence-electron chi connectivity index (χ4n) is 3.22. The van der Waals surface area contributed by atoms with Crippen molar-refractivity contribution in [2.45, 2.75) is 68.2 Å². The molecule has 7 nitrogen and oxygen atoms in total. The van der Waals surface area contributed by atoms with Gasteiger partial charge in [0, 0.05) is 6.20 Å². The van der Waals surface area contributed by atoms with E-state index in [4.69, 9.17) is 4.78 Å². The molecule has 0 radical (unpaired) electrons. The maximum atomic E-state index is 13.1. The molecule has 1 N–H and O–H groups in total. The zero-order valence-electron chi connectivity index (χ0n) is 20.0. The van der Waals surface area contributed by atoms with Gasteiger partial charge in [0.25, 0.3) is 0 Å². The van der Waals surface area contributed by atoms with Crippen LogP contribution in [-0.4, -0.2) is 34.6 Å². The van der Waals surface area contributed by atoms with Crippen LogP contribution < -0.4 is 0 Å². The second-order valence-electron chi connectivity index (χ2n) is 7.82. The van der Waals surface area contributed by atoms with E-state index >= 15 is 0 Å². The number of aryl methyl sites for hydroxylation is 1. The Morgan fingerprint density at radius 2 is 1.83 bits per heavy atom. The number of benzene rings is 1. The second kappa shape index (κ2) is 10.1. The van der Waals surface area contributed by atoms with Crippen molar-refractivity contribution in [2.24, 2.45) is 4.99 Å². The minimum Gasteiger partial charge on any atom is -0.253 e. The fraction of sp³-hybridized carbons (Fsp3) is 0.435. The van der Waals surface area contributed by atoms with Gasteiger partial charge in [-0.3, -0.25) is 9.98 Å². The van der Waals surface area contributed by atoms with Crippen LogP contribution in [0.25, 0.3) is 0 Å². The van der Waals surface area contributed by atoms with E-state index in [1.54, 1.807) is 6.92 Å². The van der Waals surface area contributed by atoms with Crippen LogP contribution in [0, 0.1) is 23.0 Å². The Balaban J connectivity index is 0.00000210. The molecule has 1 aromatic carbocycles. The third-order valence-corrected chi connectivity index (χ3v) is 8.86. The summed E-state index contributed by atoms with van der Waals surface area (Å²) in [4.78, 5) is 7.66. The molecular formula is C23H27F3N4O3S2. The van der Waals surface area contributed by atoms with E-state index in [1.807, 2.05) is 13.8 Å². The predicted octanol–water partition coefficient (Wildman–Crippen LogP) is 5.83. The normalized spacial score (nSPS) is 16.9. The lowest BCUT2D eigenvalue weighted by molar-refractivity contribution is -0.0406. The molecule has 0 amide bonds. The van der Waals surface area contributed by atoms with Crippen molar-refractivity contribution in [3.63, 3.8) is 0 Å². The highest BCUT2D eigenvalue weighted by Crippen LogP contribution is 2.48. The minimum atomic E-state index is -5.25. The molecule has 1 aromatic heterocycles. The van der Waals surface area contributed by atoms with Crippen molar-refractivity contribution >= 4 is 31.0 Å². The number of alkyl halides is 3. The van der Waals surface area contributed by atoms with Gasteiger partial charge in [0.1, 0.15) is 5.69 Å². The Kier molecular flexibility index (Phi) is 8.18. The van der Waals surface area contributed by atoms with E-state index in [2.05, 4.69) is 16.0 Å². The van der Waals surface area contributed by atoms with Crippen LogP contribution in [0.3, 0.4) is 0 Å². The van der Waals surface area contributed by atoms with Crippen molar-refractivity contribution in [2.75, 3.05) is 5.75 Å². The van der Waals surface area contributed by atoms with E-state index in [0.717, 1.165) is 12.1 Å². The molecule has 0 saturated heterocycles. The van der Waals surface area contributed by atoms with Crippen LogP contribution in [0.4, 0.5) is 18.9 Å². The largest absolute Gasteiger partial charge is 0.483 e. The van der Waals surface area contributed by atoms with Crippen LogP contribution in [0.2, 0.25) is 0 Å². The van der Waals surface area contributed by atoms with Crippen LogP contribution >= 0.6 is 0 Å². The van der Waals surface area contributed by atoms with Gasteiger partial charge in [-0.1, -0.05) is 26.8 Å². The highest BCUT2D eigenvalue weighted by atomic mass is 32.2. The summed E-state index contributed by atoms with van der Waals surface area (Å²) in [6.45, 7) is 8.49. The number of nitriles is 1. The maximum absolute atomic E-state index is 13.1. The van der Waals surface area contributed by atoms with Crippen LogP contribution in [-0.2, 0) is 25.0 Å². The van der Waals surface area contributed by atoms with E-state index in [-0.39, 0.29) is 27.7 Å². The fourth-order valence-corrected chi connectivity index (χ4v) is 5.13. The summed E-state index contributed by atoms with van der Waals surface area (Å²) in [6, 6.07) is 6.76. The van der Waals surface area contributed by atoms with Gasteiger partial charge in [0.05, 0.1) is 38.4 Å². The Labute approximate surface area is 204 Å². The van der Waals surface area contributed by atoms with Crippen molar-refractivity contribution in [3.05, 3.63) is 47.3 Å². The Morgan fingerprint density at radius 1 is 1.23 bits per heavy atom. The SMILES string of the molecule is CC.CCS(=O)(=O)c1cc(C2(C#N)CC2)cnc1C(C)=Nc1cc(S(=N)(=O)C(F)(F)F)ccc1C. The molecule has 1 heterocycles. The van der Waals surface area contributed by atoms with Crippen molar-refractivity contribution in [3.8, 4) is 6.07 Å². The second-order valence-corrected chi connectivity index (χ2v) is 12.1. The smallest absolute Gasteiger partial charge is 0.253 e. The Morgan fingerprint density at radius 3 is 2.31 bits per heavy atom. The number of nitrogens with zero attached hydrogens (tertiary/aromatic N) is 3. The third-order valence-electron chi connectivity index (χ3n) is 5.55. The van der Waals surface area contributed by atoms with Crippen molar-refractivity contribution < 1.29 is 25.8 Å². The molecule has 35 heavy (non-hydrogen) atoms. The number of pyridine rings is 1. The molecule has 1 aliphatic carbocycles. The average molecular weight is 529 g/mol. The van der Waals surface area contributed by atoms with Gasteiger partial charge < -0.3 is 0 Å². The lowest BCUT2D eigenvalue weighted by atomic mass is 9.99. The van der Waals surface area contributed by atoms with Crippen molar-refractivity contribution in [1.82, 2.24) is 4.98 Å². The van der Waals surface area contributed by atoms with E-state index in [9.17, 15) is 31.1 Å². The maximum Gasteiger partial charge on any atom is 0.483 e. The van der Waals surface area contributed by atoms with E-state index in [1.165, 1.54) is 32.2 Å². The summed E-state index contributed by atoms with van der Waals surface area (Å²) in [5.41, 5.74) is -4.95. The topological polar surface area (TPSA) is 124 Å². The number of aliphatic imine (C=N–C) groups is 1. The Bertz CT molecular complexity index is 1400. The monoisotopic (exact) mass is 528 g/mol. The average Bonchev–Trinajstić information content (AvgIpc) is 3.62. The number of hydrogen-bond acceptors (Lipinski definition) is 7. The molecule has 0 spiro atoms. The van der Waals surface area contributed by atoms with Crippen LogP contribution in [0.15, 0.2) is 45.2 Å². The van der Waals surface area contributed by atoms with E-state index < -0.39 is 35.4 Å². The van der Waals surface area contributed by atoms with Crippen molar-refractivity contribution in [1.29, 1.82) is 10.0 Å². The van der Waals surface area contributed by atoms with E-state index in [0.29, 0.717) is 24.0 Å². The van der Waals surface area contributed by atoms with Gasteiger partial charge >= 0.3 is 5.51 Å². The summed E-state index contributed by atoms with van der Waals surface area (Å²) >= 11 is 0. The molecule has 12 heteroatoms. The first-order valence-corrected chi connectivity index (χ1v) is 14.1. The molecule has 1 saturated carbocycles. The molecule has 1 fully saturated rings. The number of nitrogens with one attached hydrogen (secondary N) is 1. The first-order valence-electron chi connectivity index (χ1n) is 10.8. The number of sulfone groups is 1. The van der Waals surface area contributed by atoms with Gasteiger partial charge in [-0.05, 0) is 56.0 Å². The molecule has 2 aromatic rings. The van der Waals surface area contributed by atoms with Gasteiger partial charge in [-0.2, -0.15) is 18.4 Å². The molecule has 0 bridgehead atoms. The summed E-state index contributed by atoms with van der Waals surface area (Å²) in [7, 11) is -8.85. The van der Waals surface area contributed by atoms with Gasteiger partial charge in [-0.15, -0.1) is 0 Å². The zero-order chi connectivity index (χ0) is 26.8.